The van der Waals surface area contributed by atoms with Crippen LogP contribution in [0.2, 0.25) is 0 Å². The van der Waals surface area contributed by atoms with Crippen molar-refractivity contribution in [3.05, 3.63) is 28.0 Å². The zero-order valence-corrected chi connectivity index (χ0v) is 12.8. The lowest BCUT2D eigenvalue weighted by Crippen LogP contribution is -2.25. The van der Waals surface area contributed by atoms with Gasteiger partial charge in [0.1, 0.15) is 10.3 Å². The van der Waals surface area contributed by atoms with Gasteiger partial charge in [-0.15, -0.1) is 0 Å². The lowest BCUT2D eigenvalue weighted by molar-refractivity contribution is 0.266. The van der Waals surface area contributed by atoms with E-state index in [4.69, 9.17) is 0 Å². The summed E-state index contributed by atoms with van der Waals surface area (Å²) in [4.78, 5) is 4.63. The first-order valence-electron chi connectivity index (χ1n) is 6.67. The van der Waals surface area contributed by atoms with E-state index in [1.54, 1.807) is 0 Å². The lowest BCUT2D eigenvalue weighted by atomic mass is 9.73. The second kappa shape index (κ2) is 4.09. The smallest absolute Gasteiger partial charge is 0.141 e. The molecule has 0 spiro atoms. The van der Waals surface area contributed by atoms with Gasteiger partial charge in [0.15, 0.2) is 0 Å². The number of pyridine rings is 1. The molecular formula is C15H19BrN2. The molecule has 2 aromatic heterocycles. The molecule has 0 saturated heterocycles. The molecule has 2 nitrogen and oxygen atoms in total. The third-order valence-corrected chi connectivity index (χ3v) is 5.10. The molecule has 2 heterocycles. The summed E-state index contributed by atoms with van der Waals surface area (Å²) in [5, 5.41) is 1.34. The van der Waals surface area contributed by atoms with Crippen LogP contribution in [0, 0.1) is 5.41 Å². The highest BCUT2D eigenvalue weighted by atomic mass is 79.9. The Hall–Kier alpha value is -0.830. The summed E-state index contributed by atoms with van der Waals surface area (Å²) in [6.45, 7) is 4.73. The van der Waals surface area contributed by atoms with Crippen molar-refractivity contribution < 1.29 is 0 Å². The van der Waals surface area contributed by atoms with Gasteiger partial charge in [0.25, 0.3) is 0 Å². The van der Waals surface area contributed by atoms with Crippen molar-refractivity contribution in [1.82, 2.24) is 9.55 Å². The van der Waals surface area contributed by atoms with E-state index in [1.807, 2.05) is 0 Å². The van der Waals surface area contributed by atoms with Crippen molar-refractivity contribution in [2.24, 2.45) is 12.5 Å². The molecule has 1 unspecified atom stereocenters. The van der Waals surface area contributed by atoms with E-state index in [1.165, 1.54) is 42.3 Å². The Labute approximate surface area is 117 Å². The molecule has 18 heavy (non-hydrogen) atoms. The van der Waals surface area contributed by atoms with Crippen molar-refractivity contribution in [2.75, 3.05) is 0 Å². The van der Waals surface area contributed by atoms with Gasteiger partial charge in [-0.3, -0.25) is 0 Å². The molecule has 0 aromatic carbocycles. The fourth-order valence-electron chi connectivity index (χ4n) is 3.16. The standard InChI is InChI=1S/C15H19BrN2/c1-4-15(2)8-7-12-11(9-15)10-5-6-13(16)17-14(10)18(12)3/h5-6H,4,7-9H2,1-3H3. The van der Waals surface area contributed by atoms with Crippen LogP contribution in [0.1, 0.15) is 37.9 Å². The van der Waals surface area contributed by atoms with Crippen LogP contribution in [0.5, 0.6) is 0 Å². The Kier molecular flexibility index (Phi) is 2.77. The topological polar surface area (TPSA) is 17.8 Å². The van der Waals surface area contributed by atoms with Gasteiger partial charge in [-0.2, -0.15) is 0 Å². The molecule has 0 radical (unpaired) electrons. The molecule has 2 aromatic rings. The third kappa shape index (κ3) is 1.71. The molecule has 1 aliphatic rings. The maximum Gasteiger partial charge on any atom is 0.141 e. The SMILES string of the molecule is CCC1(C)CCc2c(c3ccc(Br)nc3n2C)C1. The zero-order chi connectivity index (χ0) is 12.9. The van der Waals surface area contributed by atoms with E-state index >= 15 is 0 Å². The lowest BCUT2D eigenvalue weighted by Gasteiger charge is -2.33. The summed E-state index contributed by atoms with van der Waals surface area (Å²) in [5.74, 6) is 0. The molecule has 3 heteroatoms. The molecule has 0 bridgehead atoms. The monoisotopic (exact) mass is 306 g/mol. The molecule has 1 atom stereocenters. The summed E-state index contributed by atoms with van der Waals surface area (Å²) in [6, 6.07) is 4.27. The van der Waals surface area contributed by atoms with Crippen LogP contribution in [0.3, 0.4) is 0 Å². The zero-order valence-electron chi connectivity index (χ0n) is 11.3. The molecule has 3 rings (SSSR count). The second-order valence-electron chi connectivity index (χ2n) is 5.83. The highest BCUT2D eigenvalue weighted by Crippen LogP contribution is 2.41. The van der Waals surface area contributed by atoms with E-state index in [9.17, 15) is 0 Å². The molecule has 0 amide bonds. The van der Waals surface area contributed by atoms with Crippen molar-refractivity contribution >= 4 is 27.0 Å². The Morgan fingerprint density at radius 2 is 2.22 bits per heavy atom. The Balaban J connectivity index is 2.23. The summed E-state index contributed by atoms with van der Waals surface area (Å²) in [6.07, 6.45) is 4.93. The first-order chi connectivity index (χ1) is 8.54. The van der Waals surface area contributed by atoms with Crippen LogP contribution in [0.15, 0.2) is 16.7 Å². The number of aryl methyl sites for hydroxylation is 1. The van der Waals surface area contributed by atoms with Gasteiger partial charge in [0, 0.05) is 18.1 Å². The normalized spacial score (nSPS) is 23.3. The number of fused-ring (bicyclic) bond motifs is 3. The number of hydrogen-bond donors (Lipinski definition) is 0. The minimum atomic E-state index is 0.467. The van der Waals surface area contributed by atoms with Crippen molar-refractivity contribution in [3.63, 3.8) is 0 Å². The molecule has 0 N–H and O–H groups in total. The fourth-order valence-corrected chi connectivity index (χ4v) is 3.46. The molecule has 0 fully saturated rings. The largest absolute Gasteiger partial charge is 0.332 e. The van der Waals surface area contributed by atoms with E-state index in [0.29, 0.717) is 5.41 Å². The van der Waals surface area contributed by atoms with Crippen molar-refractivity contribution in [1.29, 1.82) is 0 Å². The number of nitrogens with zero attached hydrogens (tertiary/aromatic N) is 2. The highest BCUT2D eigenvalue weighted by molar-refractivity contribution is 9.10. The van der Waals surface area contributed by atoms with Crippen LogP contribution < -0.4 is 0 Å². The van der Waals surface area contributed by atoms with Gasteiger partial charge in [-0.1, -0.05) is 20.3 Å². The molecule has 0 saturated carbocycles. The third-order valence-electron chi connectivity index (χ3n) is 4.66. The number of halogens is 1. The van der Waals surface area contributed by atoms with E-state index in [-0.39, 0.29) is 0 Å². The maximum absolute atomic E-state index is 4.63. The first-order valence-corrected chi connectivity index (χ1v) is 7.46. The van der Waals surface area contributed by atoms with Gasteiger partial charge in [0.05, 0.1) is 0 Å². The van der Waals surface area contributed by atoms with Crippen LogP contribution in [-0.2, 0) is 19.9 Å². The Morgan fingerprint density at radius 3 is 2.94 bits per heavy atom. The van der Waals surface area contributed by atoms with Gasteiger partial charge < -0.3 is 4.57 Å². The fraction of sp³-hybridized carbons (Fsp3) is 0.533. The average Bonchev–Trinajstić information content (AvgIpc) is 2.62. The van der Waals surface area contributed by atoms with Crippen molar-refractivity contribution in [2.45, 2.75) is 39.5 Å². The molecule has 96 valence electrons. The van der Waals surface area contributed by atoms with Crippen molar-refractivity contribution in [3.8, 4) is 0 Å². The summed E-state index contributed by atoms with van der Waals surface area (Å²) < 4.78 is 3.20. The highest BCUT2D eigenvalue weighted by Gasteiger charge is 2.31. The molecular weight excluding hydrogens is 288 g/mol. The Bertz CT molecular complexity index is 614. The summed E-state index contributed by atoms with van der Waals surface area (Å²) in [7, 11) is 2.15. The second-order valence-corrected chi connectivity index (χ2v) is 6.64. The van der Waals surface area contributed by atoms with Crippen LogP contribution >= 0.6 is 15.9 Å². The quantitative estimate of drug-likeness (QED) is 0.721. The maximum atomic E-state index is 4.63. The van der Waals surface area contributed by atoms with Gasteiger partial charge in [0.2, 0.25) is 0 Å². The van der Waals surface area contributed by atoms with E-state index in [2.05, 4.69) is 58.5 Å². The van der Waals surface area contributed by atoms with Gasteiger partial charge >= 0.3 is 0 Å². The first kappa shape index (κ1) is 12.2. The molecule has 1 aliphatic carbocycles. The van der Waals surface area contributed by atoms with E-state index < -0.39 is 0 Å². The summed E-state index contributed by atoms with van der Waals surface area (Å²) >= 11 is 3.47. The number of aromatic nitrogens is 2. The van der Waals surface area contributed by atoms with Crippen LogP contribution in [0.4, 0.5) is 0 Å². The predicted octanol–water partition coefficient (Wildman–Crippen LogP) is 4.24. The average molecular weight is 307 g/mol. The summed E-state index contributed by atoms with van der Waals surface area (Å²) in [5.41, 5.74) is 4.60. The molecule has 0 aliphatic heterocycles. The van der Waals surface area contributed by atoms with Crippen LogP contribution in [0.25, 0.3) is 11.0 Å². The predicted molar refractivity (Wildman–Crippen MR) is 78.8 cm³/mol. The minimum Gasteiger partial charge on any atom is -0.332 e. The van der Waals surface area contributed by atoms with Gasteiger partial charge in [-0.25, -0.2) is 4.98 Å². The van der Waals surface area contributed by atoms with Crippen LogP contribution in [-0.4, -0.2) is 9.55 Å². The Morgan fingerprint density at radius 1 is 1.44 bits per heavy atom. The van der Waals surface area contributed by atoms with E-state index in [0.717, 1.165) is 10.3 Å². The number of hydrogen-bond acceptors (Lipinski definition) is 1. The van der Waals surface area contributed by atoms with Gasteiger partial charge in [-0.05, 0) is 58.3 Å². The number of rotatable bonds is 1. The minimum absolute atomic E-state index is 0.467.